The summed E-state index contributed by atoms with van der Waals surface area (Å²) in [6.07, 6.45) is 3.67. The van der Waals surface area contributed by atoms with Crippen LogP contribution in [0.2, 0.25) is 0 Å². The van der Waals surface area contributed by atoms with Crippen LogP contribution >= 0.6 is 7.60 Å². The van der Waals surface area contributed by atoms with E-state index in [2.05, 4.69) is 0 Å². The fraction of sp³-hybridized carbons (Fsp3) is 0.300. The van der Waals surface area contributed by atoms with Gasteiger partial charge in [0.1, 0.15) is 0 Å². The Morgan fingerprint density at radius 3 is 1.75 bits per heavy atom. The van der Waals surface area contributed by atoms with Crippen molar-refractivity contribution in [2.75, 3.05) is 35.1 Å². The zero-order valence-electron chi connectivity index (χ0n) is 15.9. The normalized spacial score (nSPS) is 12.6. The van der Waals surface area contributed by atoms with Crippen LogP contribution in [0.1, 0.15) is 18.6 Å². The molecule has 0 radical (unpaired) electrons. The number of hydrogen-bond acceptors (Lipinski definition) is 6. The van der Waals surface area contributed by atoms with E-state index in [0.717, 1.165) is 17.8 Å². The summed E-state index contributed by atoms with van der Waals surface area (Å²) in [5.74, 6) is 2.16. The summed E-state index contributed by atoms with van der Waals surface area (Å²) < 4.78 is 37.8. The molecule has 2 aromatic rings. The third-order valence-corrected chi connectivity index (χ3v) is 4.15. The Morgan fingerprint density at radius 2 is 1.29 bits per heavy atom. The Kier molecular flexibility index (Phi) is 8.41. The van der Waals surface area contributed by atoms with Crippen molar-refractivity contribution in [3.63, 3.8) is 0 Å². The third kappa shape index (κ3) is 5.94. The second-order valence-corrected chi connectivity index (χ2v) is 7.39. The van der Waals surface area contributed by atoms with E-state index in [9.17, 15) is 9.46 Å². The molecule has 1 atom stereocenters. The zero-order chi connectivity index (χ0) is 20.0. The minimum atomic E-state index is -3.71. The van der Waals surface area contributed by atoms with Crippen molar-refractivity contribution in [1.82, 2.24) is 0 Å². The van der Waals surface area contributed by atoms with Gasteiger partial charge in [0.2, 0.25) is 5.75 Å². The molecular weight excluding hydrogens is 383 g/mol. The first-order valence-corrected chi connectivity index (χ1v) is 9.99. The molecule has 0 saturated carbocycles. The van der Waals surface area contributed by atoms with Crippen LogP contribution in [0.15, 0.2) is 30.3 Å². The molecule has 0 amide bonds. The summed E-state index contributed by atoms with van der Waals surface area (Å²) in [5, 5.41) is 0. The number of benzene rings is 2. The maximum atomic E-state index is 11.6. The Morgan fingerprint density at radius 1 is 0.786 bits per heavy atom. The van der Waals surface area contributed by atoms with Gasteiger partial charge in [0, 0.05) is 6.66 Å². The fourth-order valence-electron chi connectivity index (χ4n) is 2.44. The number of methoxy groups -OCH3 is 4. The first-order chi connectivity index (χ1) is 12.8. The first kappa shape index (κ1) is 23.4. The molecule has 0 heterocycles. The molecule has 0 saturated heterocycles. The summed E-state index contributed by atoms with van der Waals surface area (Å²) >= 11 is 0. The van der Waals surface area contributed by atoms with Crippen molar-refractivity contribution in [2.45, 2.75) is 7.43 Å². The molecule has 1 N–H and O–H groups in total. The van der Waals surface area contributed by atoms with Crippen molar-refractivity contribution in [3.05, 3.63) is 41.5 Å². The molecule has 1 unspecified atom stereocenters. The lowest BCUT2D eigenvalue weighted by molar-refractivity contribution is 0.324. The van der Waals surface area contributed by atoms with E-state index in [1.165, 1.54) is 7.11 Å². The van der Waals surface area contributed by atoms with Gasteiger partial charge in [-0.2, -0.15) is 0 Å². The molecule has 0 bridgehead atoms. The van der Waals surface area contributed by atoms with Gasteiger partial charge in [-0.1, -0.05) is 25.6 Å². The molecule has 0 fully saturated rings. The van der Waals surface area contributed by atoms with Crippen molar-refractivity contribution in [3.8, 4) is 28.7 Å². The van der Waals surface area contributed by atoms with Gasteiger partial charge in [0.25, 0.3) is 0 Å². The standard InChI is InChI=1S/C19H23O7P.CH4/c1-22-15-9-8-13(10-16(15)26-27(5,20)21)6-7-14-11-17(23-2)19(25-4)18(12-14)24-3;/h6-12H,1-5H3,(H,20,21);1H4/b7-6-;. The Balaban J connectivity index is 0.00000392. The molecular formula is C20H27O7P. The first-order valence-electron chi connectivity index (χ1n) is 7.97. The molecule has 7 nitrogen and oxygen atoms in total. The summed E-state index contributed by atoms with van der Waals surface area (Å²) in [4.78, 5) is 9.47. The summed E-state index contributed by atoms with van der Waals surface area (Å²) in [6, 6.07) is 8.72. The van der Waals surface area contributed by atoms with Gasteiger partial charge < -0.3 is 28.4 Å². The van der Waals surface area contributed by atoms with E-state index in [4.69, 9.17) is 23.5 Å². The molecule has 0 aromatic heterocycles. The predicted octanol–water partition coefficient (Wildman–Crippen LogP) is 4.72. The SMILES string of the molecule is C.COc1ccc(/C=C\c2cc(OC)c(OC)c(OC)c2)cc1OP(C)(=O)O. The summed E-state index contributed by atoms with van der Waals surface area (Å²) in [6.45, 7) is 1.12. The van der Waals surface area contributed by atoms with Crippen molar-refractivity contribution in [1.29, 1.82) is 0 Å². The van der Waals surface area contributed by atoms with Crippen LogP contribution in [0.4, 0.5) is 0 Å². The second-order valence-electron chi connectivity index (χ2n) is 5.60. The van der Waals surface area contributed by atoms with E-state index >= 15 is 0 Å². The molecule has 28 heavy (non-hydrogen) atoms. The van der Waals surface area contributed by atoms with Gasteiger partial charge in [-0.3, -0.25) is 0 Å². The van der Waals surface area contributed by atoms with E-state index in [1.54, 1.807) is 39.5 Å². The lowest BCUT2D eigenvalue weighted by atomic mass is 10.1. The zero-order valence-corrected chi connectivity index (χ0v) is 16.8. The molecule has 8 heteroatoms. The molecule has 0 aliphatic rings. The van der Waals surface area contributed by atoms with E-state index in [0.29, 0.717) is 23.0 Å². The van der Waals surface area contributed by atoms with Crippen molar-refractivity contribution < 1.29 is 32.9 Å². The van der Waals surface area contributed by atoms with Gasteiger partial charge in [-0.05, 0) is 35.4 Å². The van der Waals surface area contributed by atoms with Crippen LogP contribution in [0.25, 0.3) is 12.2 Å². The highest BCUT2D eigenvalue weighted by Crippen LogP contribution is 2.43. The largest absolute Gasteiger partial charge is 0.493 e. The highest BCUT2D eigenvalue weighted by Gasteiger charge is 2.16. The van der Waals surface area contributed by atoms with E-state index in [1.807, 2.05) is 24.3 Å². The quantitative estimate of drug-likeness (QED) is 0.498. The van der Waals surface area contributed by atoms with Crippen LogP contribution in [0.5, 0.6) is 28.7 Å². The van der Waals surface area contributed by atoms with E-state index < -0.39 is 7.60 Å². The van der Waals surface area contributed by atoms with Crippen LogP contribution < -0.4 is 23.5 Å². The predicted molar refractivity (Wildman–Crippen MR) is 111 cm³/mol. The van der Waals surface area contributed by atoms with Crippen LogP contribution in [0, 0.1) is 0 Å². The van der Waals surface area contributed by atoms with Crippen LogP contribution in [-0.2, 0) is 4.57 Å². The lowest BCUT2D eigenvalue weighted by Gasteiger charge is -2.13. The van der Waals surface area contributed by atoms with Crippen LogP contribution in [-0.4, -0.2) is 40.0 Å². The van der Waals surface area contributed by atoms with Crippen molar-refractivity contribution in [2.24, 2.45) is 0 Å². The number of rotatable bonds is 8. The number of hydrogen-bond donors (Lipinski definition) is 1. The molecule has 0 aliphatic heterocycles. The highest BCUT2D eigenvalue weighted by molar-refractivity contribution is 7.52. The third-order valence-electron chi connectivity index (χ3n) is 3.61. The molecule has 2 rings (SSSR count). The van der Waals surface area contributed by atoms with Gasteiger partial charge in [-0.25, -0.2) is 4.57 Å². The van der Waals surface area contributed by atoms with E-state index in [-0.39, 0.29) is 13.2 Å². The highest BCUT2D eigenvalue weighted by atomic mass is 31.2. The lowest BCUT2D eigenvalue weighted by Crippen LogP contribution is -1.95. The Labute approximate surface area is 166 Å². The fourth-order valence-corrected chi connectivity index (χ4v) is 2.95. The van der Waals surface area contributed by atoms with Crippen LogP contribution in [0.3, 0.4) is 0 Å². The summed E-state index contributed by atoms with van der Waals surface area (Å²) in [7, 11) is 2.40. The maximum absolute atomic E-state index is 11.6. The number of ether oxygens (including phenoxy) is 4. The average molecular weight is 410 g/mol. The Hall–Kier alpha value is -2.63. The van der Waals surface area contributed by atoms with Gasteiger partial charge in [-0.15, -0.1) is 0 Å². The average Bonchev–Trinajstić information content (AvgIpc) is 2.64. The maximum Gasteiger partial charge on any atom is 0.373 e. The Bertz CT molecular complexity index is 846. The topological polar surface area (TPSA) is 83.5 Å². The smallest absolute Gasteiger partial charge is 0.373 e. The van der Waals surface area contributed by atoms with Gasteiger partial charge >= 0.3 is 7.60 Å². The second kappa shape index (κ2) is 10.1. The molecule has 0 aliphatic carbocycles. The molecule has 0 spiro atoms. The monoisotopic (exact) mass is 410 g/mol. The molecule has 154 valence electrons. The summed E-state index contributed by atoms with van der Waals surface area (Å²) in [5.41, 5.74) is 1.58. The van der Waals surface area contributed by atoms with Crippen molar-refractivity contribution >= 4 is 19.7 Å². The minimum absolute atomic E-state index is 0. The van der Waals surface area contributed by atoms with Gasteiger partial charge in [0.05, 0.1) is 28.4 Å². The minimum Gasteiger partial charge on any atom is -0.493 e. The van der Waals surface area contributed by atoms with Gasteiger partial charge in [0.15, 0.2) is 23.0 Å². The molecule has 2 aromatic carbocycles.